The number of carboxylic acid groups (broad SMARTS) is 1. The molecule has 0 aliphatic rings. The number of aromatic nitrogens is 2. The maximum absolute atomic E-state index is 11.1. The van der Waals surface area contributed by atoms with Gasteiger partial charge in [-0.25, -0.2) is 4.79 Å². The third-order valence-corrected chi connectivity index (χ3v) is 2.13. The van der Waals surface area contributed by atoms with E-state index in [1.807, 2.05) is 30.3 Å². The van der Waals surface area contributed by atoms with Gasteiger partial charge in [-0.3, -0.25) is 0 Å². The average molecular weight is 217 g/mol. The van der Waals surface area contributed by atoms with E-state index in [0.717, 1.165) is 10.6 Å². The van der Waals surface area contributed by atoms with E-state index in [-0.39, 0.29) is 6.54 Å². The zero-order chi connectivity index (χ0) is 11.4. The molecule has 82 valence electrons. The molecule has 0 aliphatic carbocycles. The Balaban J connectivity index is 2.19. The Morgan fingerprint density at radius 1 is 1.31 bits per heavy atom. The molecule has 1 heterocycles. The molecule has 1 aromatic heterocycles. The fourth-order valence-electron chi connectivity index (χ4n) is 1.39. The Hall–Kier alpha value is -2.30. The molecule has 0 radical (unpaired) electrons. The highest BCUT2D eigenvalue weighted by molar-refractivity contribution is 5.76. The summed E-state index contributed by atoms with van der Waals surface area (Å²) in [5.41, 5.74) is 0.917. The number of benzene rings is 1. The largest absolute Gasteiger partial charge is 0.464 e. The number of hydrogen-bond acceptors (Lipinski definition) is 2. The number of carbonyl (C=O) groups is 1. The summed E-state index contributed by atoms with van der Waals surface area (Å²) in [4.78, 5) is 12.4. The molecule has 1 N–H and O–H groups in total. The Morgan fingerprint density at radius 3 is 2.62 bits per heavy atom. The van der Waals surface area contributed by atoms with Crippen LogP contribution >= 0.6 is 0 Å². The third-order valence-electron chi connectivity index (χ3n) is 2.13. The summed E-state index contributed by atoms with van der Waals surface area (Å²) in [6.07, 6.45) is 2.10. The van der Waals surface area contributed by atoms with E-state index in [1.54, 1.807) is 18.5 Å². The second-order valence-corrected chi connectivity index (χ2v) is 3.25. The van der Waals surface area contributed by atoms with Gasteiger partial charge in [0, 0.05) is 6.20 Å². The fraction of sp³-hybridized carbons (Fsp3) is 0.0909. The van der Waals surface area contributed by atoms with Gasteiger partial charge >= 0.3 is 6.09 Å². The zero-order valence-electron chi connectivity index (χ0n) is 8.52. The van der Waals surface area contributed by atoms with Gasteiger partial charge in [-0.15, -0.1) is 0 Å². The maximum atomic E-state index is 11.1. The first-order valence-corrected chi connectivity index (χ1v) is 4.81. The van der Waals surface area contributed by atoms with E-state index in [0.29, 0.717) is 0 Å². The van der Waals surface area contributed by atoms with Gasteiger partial charge in [-0.05, 0) is 11.6 Å². The van der Waals surface area contributed by atoms with Gasteiger partial charge in [-0.1, -0.05) is 30.3 Å². The molecule has 0 bridgehead atoms. The summed E-state index contributed by atoms with van der Waals surface area (Å²) in [7, 11) is 0. The van der Waals surface area contributed by atoms with E-state index in [4.69, 9.17) is 5.11 Å². The highest BCUT2D eigenvalue weighted by Crippen LogP contribution is 2.03. The number of rotatable bonds is 3. The Kier molecular flexibility index (Phi) is 2.86. The molecule has 0 saturated heterocycles. The van der Waals surface area contributed by atoms with Crippen molar-refractivity contribution in [3.63, 3.8) is 0 Å². The molecule has 5 heteroatoms. The summed E-state index contributed by atoms with van der Waals surface area (Å²) in [6, 6.07) is 11.1. The first kappa shape index (κ1) is 10.2. The van der Waals surface area contributed by atoms with Crippen LogP contribution in [0.4, 0.5) is 4.79 Å². The standard InChI is InChI=1S/C11H11N3O2/c15-11(16)13(14-8-4-7-12-14)9-10-5-2-1-3-6-10/h1-8H,9H2,(H,15,16). The molecule has 0 fully saturated rings. The number of nitrogens with zero attached hydrogens (tertiary/aromatic N) is 3. The van der Waals surface area contributed by atoms with Crippen molar-refractivity contribution in [2.75, 3.05) is 5.01 Å². The van der Waals surface area contributed by atoms with E-state index in [1.165, 1.54) is 4.79 Å². The number of amides is 1. The molecular formula is C11H11N3O2. The molecule has 0 saturated carbocycles. The first-order valence-electron chi connectivity index (χ1n) is 4.81. The van der Waals surface area contributed by atoms with Crippen molar-refractivity contribution in [3.05, 3.63) is 54.4 Å². The SMILES string of the molecule is O=C(O)N(Cc1ccccc1)n1cccn1. The molecule has 16 heavy (non-hydrogen) atoms. The van der Waals surface area contributed by atoms with E-state index < -0.39 is 6.09 Å². The van der Waals surface area contributed by atoms with Crippen molar-refractivity contribution in [3.8, 4) is 0 Å². The minimum Gasteiger partial charge on any atom is -0.464 e. The van der Waals surface area contributed by atoms with Crippen LogP contribution in [0.15, 0.2) is 48.8 Å². The van der Waals surface area contributed by atoms with Crippen LogP contribution in [-0.2, 0) is 6.54 Å². The molecule has 0 spiro atoms. The second kappa shape index (κ2) is 4.48. The Morgan fingerprint density at radius 2 is 2.06 bits per heavy atom. The normalized spacial score (nSPS) is 10.0. The predicted octanol–water partition coefficient (Wildman–Crippen LogP) is 1.70. The van der Waals surface area contributed by atoms with Gasteiger partial charge in [0.1, 0.15) is 0 Å². The Labute approximate surface area is 92.5 Å². The molecule has 1 aromatic carbocycles. The second-order valence-electron chi connectivity index (χ2n) is 3.25. The lowest BCUT2D eigenvalue weighted by molar-refractivity contribution is 0.192. The molecular weight excluding hydrogens is 206 g/mol. The number of hydrogen-bond donors (Lipinski definition) is 1. The molecule has 5 nitrogen and oxygen atoms in total. The molecule has 1 amide bonds. The monoisotopic (exact) mass is 217 g/mol. The molecule has 2 aromatic rings. The van der Waals surface area contributed by atoms with Gasteiger partial charge in [0.2, 0.25) is 0 Å². The van der Waals surface area contributed by atoms with Crippen molar-refractivity contribution < 1.29 is 9.90 Å². The summed E-state index contributed by atoms with van der Waals surface area (Å²) < 4.78 is 0. The van der Waals surface area contributed by atoms with Crippen molar-refractivity contribution in [2.24, 2.45) is 0 Å². The zero-order valence-corrected chi connectivity index (χ0v) is 8.52. The molecule has 0 unspecified atom stereocenters. The van der Waals surface area contributed by atoms with Gasteiger partial charge in [0.25, 0.3) is 0 Å². The van der Waals surface area contributed by atoms with E-state index in [9.17, 15) is 4.79 Å². The lowest BCUT2D eigenvalue weighted by atomic mass is 10.2. The van der Waals surface area contributed by atoms with E-state index >= 15 is 0 Å². The Bertz CT molecular complexity index is 453. The summed E-state index contributed by atoms with van der Waals surface area (Å²) in [5, 5.41) is 14.1. The third kappa shape index (κ3) is 2.20. The van der Waals surface area contributed by atoms with Crippen molar-refractivity contribution >= 4 is 6.09 Å². The van der Waals surface area contributed by atoms with Gasteiger partial charge in [-0.2, -0.15) is 14.9 Å². The average Bonchev–Trinajstić information content (AvgIpc) is 2.80. The van der Waals surface area contributed by atoms with Crippen LogP contribution in [0.1, 0.15) is 5.56 Å². The van der Waals surface area contributed by atoms with Crippen molar-refractivity contribution in [1.29, 1.82) is 0 Å². The quantitative estimate of drug-likeness (QED) is 0.851. The van der Waals surface area contributed by atoms with Crippen LogP contribution in [0.2, 0.25) is 0 Å². The minimum atomic E-state index is -1.03. The minimum absolute atomic E-state index is 0.276. The summed E-state index contributed by atoms with van der Waals surface area (Å²) in [6.45, 7) is 0.276. The molecule has 0 atom stereocenters. The fourth-order valence-corrected chi connectivity index (χ4v) is 1.39. The first-order chi connectivity index (χ1) is 7.77. The highest BCUT2D eigenvalue weighted by atomic mass is 16.4. The highest BCUT2D eigenvalue weighted by Gasteiger charge is 2.14. The topological polar surface area (TPSA) is 58.4 Å². The lowest BCUT2D eigenvalue weighted by Gasteiger charge is -2.18. The summed E-state index contributed by atoms with van der Waals surface area (Å²) >= 11 is 0. The molecule has 2 rings (SSSR count). The van der Waals surface area contributed by atoms with Crippen molar-refractivity contribution in [2.45, 2.75) is 6.54 Å². The maximum Gasteiger partial charge on any atom is 0.428 e. The van der Waals surface area contributed by atoms with E-state index in [2.05, 4.69) is 5.10 Å². The van der Waals surface area contributed by atoms with Crippen LogP contribution in [0.25, 0.3) is 0 Å². The predicted molar refractivity (Wildman–Crippen MR) is 58.6 cm³/mol. The van der Waals surface area contributed by atoms with Crippen LogP contribution in [-0.4, -0.2) is 21.1 Å². The lowest BCUT2D eigenvalue weighted by Crippen LogP contribution is -2.39. The van der Waals surface area contributed by atoms with Crippen LogP contribution in [0, 0.1) is 0 Å². The summed E-state index contributed by atoms with van der Waals surface area (Å²) in [5.74, 6) is 0. The van der Waals surface area contributed by atoms with Gasteiger partial charge in [0.05, 0.1) is 12.7 Å². The molecule has 0 aliphatic heterocycles. The smallest absolute Gasteiger partial charge is 0.428 e. The van der Waals surface area contributed by atoms with Crippen LogP contribution in [0.3, 0.4) is 0 Å². The van der Waals surface area contributed by atoms with Crippen LogP contribution in [0.5, 0.6) is 0 Å². The van der Waals surface area contributed by atoms with Gasteiger partial charge < -0.3 is 5.11 Å². The van der Waals surface area contributed by atoms with Crippen molar-refractivity contribution in [1.82, 2.24) is 9.89 Å². The van der Waals surface area contributed by atoms with Gasteiger partial charge in [0.15, 0.2) is 0 Å². The van der Waals surface area contributed by atoms with Crippen LogP contribution < -0.4 is 5.01 Å².